The lowest BCUT2D eigenvalue weighted by Crippen LogP contribution is -2.21. The highest BCUT2D eigenvalue weighted by Gasteiger charge is 2.11. The van der Waals surface area contributed by atoms with Crippen LogP contribution >= 0.6 is 0 Å². The molecule has 0 saturated heterocycles. The average Bonchev–Trinajstić information content (AvgIpc) is 2.32. The maximum Gasteiger partial charge on any atom is 0.126 e. The van der Waals surface area contributed by atoms with Crippen LogP contribution in [0.5, 0.6) is 0 Å². The van der Waals surface area contributed by atoms with E-state index in [-0.39, 0.29) is 11.9 Å². The normalized spacial score (nSPS) is 12.1. The first-order valence-electron chi connectivity index (χ1n) is 6.12. The fraction of sp³-hybridized carbons (Fsp3) is 0.467. The van der Waals surface area contributed by atoms with E-state index in [4.69, 9.17) is 6.42 Å². The Hall–Kier alpha value is -1.33. The summed E-state index contributed by atoms with van der Waals surface area (Å²) < 4.78 is 13.5. The molecule has 0 bridgehead atoms. The van der Waals surface area contributed by atoms with Crippen LogP contribution < -0.4 is 5.32 Å². The van der Waals surface area contributed by atoms with E-state index in [1.807, 2.05) is 12.1 Å². The third-order valence-electron chi connectivity index (χ3n) is 2.86. The molecule has 0 aliphatic carbocycles. The van der Waals surface area contributed by atoms with Crippen molar-refractivity contribution < 1.29 is 4.39 Å². The molecule has 0 aromatic heterocycles. The van der Waals surface area contributed by atoms with Gasteiger partial charge in [0.15, 0.2) is 0 Å². The lowest BCUT2D eigenvalue weighted by atomic mass is 9.99. The SMILES string of the molecule is C#CCCCC(NCC)c1ccc(C)c(F)c1. The number of unbranched alkanes of at least 4 members (excludes halogenated alkanes) is 1. The third-order valence-corrected chi connectivity index (χ3v) is 2.86. The zero-order valence-electron chi connectivity index (χ0n) is 10.6. The van der Waals surface area contributed by atoms with Gasteiger partial charge in [-0.2, -0.15) is 0 Å². The van der Waals surface area contributed by atoms with Crippen LogP contribution in [-0.2, 0) is 0 Å². The zero-order chi connectivity index (χ0) is 12.7. The molecule has 1 aromatic carbocycles. The van der Waals surface area contributed by atoms with Gasteiger partial charge in [0.1, 0.15) is 5.82 Å². The van der Waals surface area contributed by atoms with E-state index in [0.29, 0.717) is 5.56 Å². The van der Waals surface area contributed by atoms with Crippen LogP contribution in [0, 0.1) is 25.1 Å². The van der Waals surface area contributed by atoms with Crippen molar-refractivity contribution in [1.82, 2.24) is 5.32 Å². The van der Waals surface area contributed by atoms with Crippen LogP contribution in [0.25, 0.3) is 0 Å². The fourth-order valence-electron chi connectivity index (χ4n) is 1.87. The standard InChI is InChI=1S/C15H20FN/c1-4-6-7-8-15(17-5-2)13-10-9-12(3)14(16)11-13/h1,9-11,15,17H,5-8H2,2-3H3. The zero-order valence-corrected chi connectivity index (χ0v) is 10.6. The molecule has 1 nitrogen and oxygen atoms in total. The quantitative estimate of drug-likeness (QED) is 0.585. The Morgan fingerprint density at radius 3 is 2.82 bits per heavy atom. The summed E-state index contributed by atoms with van der Waals surface area (Å²) in [6, 6.07) is 5.64. The lowest BCUT2D eigenvalue weighted by Gasteiger charge is -2.18. The molecule has 2 heteroatoms. The van der Waals surface area contributed by atoms with Gasteiger partial charge in [-0.05, 0) is 43.5 Å². The van der Waals surface area contributed by atoms with Crippen molar-refractivity contribution >= 4 is 0 Å². The monoisotopic (exact) mass is 233 g/mol. The fourth-order valence-corrected chi connectivity index (χ4v) is 1.87. The minimum Gasteiger partial charge on any atom is -0.310 e. The Labute approximate surface area is 103 Å². The number of benzene rings is 1. The molecule has 0 fully saturated rings. The Balaban J connectivity index is 2.74. The largest absolute Gasteiger partial charge is 0.310 e. The molecule has 1 atom stereocenters. The predicted molar refractivity (Wildman–Crippen MR) is 70.2 cm³/mol. The van der Waals surface area contributed by atoms with Crippen molar-refractivity contribution in [1.29, 1.82) is 0 Å². The van der Waals surface area contributed by atoms with Gasteiger partial charge in [-0.15, -0.1) is 12.3 Å². The Morgan fingerprint density at radius 2 is 2.24 bits per heavy atom. The smallest absolute Gasteiger partial charge is 0.126 e. The molecule has 0 spiro atoms. The number of halogens is 1. The maximum absolute atomic E-state index is 13.5. The highest BCUT2D eigenvalue weighted by Crippen LogP contribution is 2.21. The number of aryl methyl sites for hydroxylation is 1. The van der Waals surface area contributed by atoms with Crippen LogP contribution in [-0.4, -0.2) is 6.54 Å². The van der Waals surface area contributed by atoms with Crippen molar-refractivity contribution in [3.05, 3.63) is 35.1 Å². The number of terminal acetylenes is 1. The van der Waals surface area contributed by atoms with Gasteiger partial charge >= 0.3 is 0 Å². The van der Waals surface area contributed by atoms with Crippen LogP contribution in [0.1, 0.15) is 43.4 Å². The Morgan fingerprint density at radius 1 is 1.47 bits per heavy atom. The highest BCUT2D eigenvalue weighted by molar-refractivity contribution is 5.25. The van der Waals surface area contributed by atoms with E-state index >= 15 is 0 Å². The summed E-state index contributed by atoms with van der Waals surface area (Å²) in [5, 5.41) is 3.37. The number of rotatable bonds is 6. The van der Waals surface area contributed by atoms with Gasteiger partial charge in [-0.25, -0.2) is 4.39 Å². The molecule has 1 unspecified atom stereocenters. The first-order chi connectivity index (χ1) is 8.19. The molecule has 0 saturated carbocycles. The molecule has 0 aliphatic rings. The van der Waals surface area contributed by atoms with Crippen LogP contribution in [0.4, 0.5) is 4.39 Å². The Kier molecular flexibility index (Phi) is 5.72. The van der Waals surface area contributed by atoms with Gasteiger partial charge in [0.25, 0.3) is 0 Å². The van der Waals surface area contributed by atoms with Gasteiger partial charge in [-0.1, -0.05) is 19.1 Å². The summed E-state index contributed by atoms with van der Waals surface area (Å²) in [6.45, 7) is 4.70. The van der Waals surface area contributed by atoms with E-state index in [0.717, 1.165) is 31.4 Å². The van der Waals surface area contributed by atoms with Crippen molar-refractivity contribution in [3.8, 4) is 12.3 Å². The van der Waals surface area contributed by atoms with E-state index in [9.17, 15) is 4.39 Å². The molecular formula is C15H20FN. The molecular weight excluding hydrogens is 213 g/mol. The van der Waals surface area contributed by atoms with Gasteiger partial charge < -0.3 is 5.32 Å². The molecule has 17 heavy (non-hydrogen) atoms. The summed E-state index contributed by atoms with van der Waals surface area (Å²) in [6.07, 6.45) is 7.92. The second-order valence-electron chi connectivity index (χ2n) is 4.22. The molecule has 0 heterocycles. The predicted octanol–water partition coefficient (Wildman–Crippen LogP) is 3.59. The van der Waals surface area contributed by atoms with Crippen LogP contribution in [0.2, 0.25) is 0 Å². The van der Waals surface area contributed by atoms with Crippen LogP contribution in [0.15, 0.2) is 18.2 Å². The van der Waals surface area contributed by atoms with E-state index in [2.05, 4.69) is 18.2 Å². The van der Waals surface area contributed by atoms with Gasteiger partial charge in [-0.3, -0.25) is 0 Å². The van der Waals surface area contributed by atoms with E-state index < -0.39 is 0 Å². The van der Waals surface area contributed by atoms with E-state index in [1.54, 1.807) is 13.0 Å². The molecule has 1 rings (SSSR count). The minimum absolute atomic E-state index is 0.137. The lowest BCUT2D eigenvalue weighted by molar-refractivity contribution is 0.497. The topological polar surface area (TPSA) is 12.0 Å². The summed E-state index contributed by atoms with van der Waals surface area (Å²) >= 11 is 0. The van der Waals surface area contributed by atoms with Crippen molar-refractivity contribution in [2.45, 2.75) is 39.2 Å². The van der Waals surface area contributed by atoms with Crippen molar-refractivity contribution in [3.63, 3.8) is 0 Å². The summed E-state index contributed by atoms with van der Waals surface area (Å²) in [5.74, 6) is 2.50. The minimum atomic E-state index is -0.137. The summed E-state index contributed by atoms with van der Waals surface area (Å²) in [4.78, 5) is 0. The Bertz CT molecular complexity index is 392. The first kappa shape index (κ1) is 13.7. The molecule has 1 N–H and O–H groups in total. The number of hydrogen-bond acceptors (Lipinski definition) is 1. The highest BCUT2D eigenvalue weighted by atomic mass is 19.1. The second-order valence-corrected chi connectivity index (χ2v) is 4.22. The molecule has 0 amide bonds. The summed E-state index contributed by atoms with van der Waals surface area (Å²) in [7, 11) is 0. The molecule has 0 radical (unpaired) electrons. The molecule has 1 aromatic rings. The van der Waals surface area contributed by atoms with Gasteiger partial charge in [0.05, 0.1) is 0 Å². The molecule has 92 valence electrons. The van der Waals surface area contributed by atoms with E-state index in [1.165, 1.54) is 0 Å². The van der Waals surface area contributed by atoms with Gasteiger partial charge in [0, 0.05) is 12.5 Å². The maximum atomic E-state index is 13.5. The van der Waals surface area contributed by atoms with Gasteiger partial charge in [0.2, 0.25) is 0 Å². The number of nitrogens with one attached hydrogen (secondary N) is 1. The first-order valence-corrected chi connectivity index (χ1v) is 6.12. The number of hydrogen-bond donors (Lipinski definition) is 1. The van der Waals surface area contributed by atoms with Crippen molar-refractivity contribution in [2.24, 2.45) is 0 Å². The second kappa shape index (κ2) is 7.09. The third kappa shape index (κ3) is 4.20. The summed E-state index contributed by atoms with van der Waals surface area (Å²) in [5.41, 5.74) is 1.69. The average molecular weight is 233 g/mol. The van der Waals surface area contributed by atoms with Crippen molar-refractivity contribution in [2.75, 3.05) is 6.54 Å². The molecule has 0 aliphatic heterocycles. The van der Waals surface area contributed by atoms with Crippen LogP contribution in [0.3, 0.4) is 0 Å².